The minimum absolute atomic E-state index is 0.0507. The first kappa shape index (κ1) is 15.3. The number of amides is 1. The maximum absolute atomic E-state index is 11.9. The highest BCUT2D eigenvalue weighted by molar-refractivity contribution is 5.67. The number of carbonyl (C=O) groups excluding carboxylic acids is 1. The molecule has 0 aromatic carbocycles. The van der Waals surface area contributed by atoms with Crippen molar-refractivity contribution in [1.82, 2.24) is 4.90 Å². The highest BCUT2D eigenvalue weighted by Gasteiger charge is 2.24. The van der Waals surface area contributed by atoms with E-state index in [9.17, 15) is 4.79 Å². The number of piperidine rings is 1. The van der Waals surface area contributed by atoms with Gasteiger partial charge in [-0.2, -0.15) is 0 Å². The van der Waals surface area contributed by atoms with Gasteiger partial charge >= 0.3 is 6.09 Å². The van der Waals surface area contributed by atoms with E-state index < -0.39 is 0 Å². The quantitative estimate of drug-likeness (QED) is 0.757. The number of ether oxygens (including phenoxy) is 1. The Morgan fingerprint density at radius 3 is 2.39 bits per heavy atom. The Morgan fingerprint density at radius 2 is 1.89 bits per heavy atom. The number of hydrogen-bond acceptors (Lipinski definition) is 2. The second kappa shape index (κ2) is 7.01. The Kier molecular flexibility index (Phi) is 5.97. The van der Waals surface area contributed by atoms with Crippen LogP contribution in [-0.2, 0) is 4.74 Å². The molecule has 0 aromatic rings. The fraction of sp³-hybridized carbons (Fsp3) is 0.933. The minimum Gasteiger partial charge on any atom is -0.449 e. The van der Waals surface area contributed by atoms with Crippen LogP contribution in [-0.4, -0.2) is 30.7 Å². The van der Waals surface area contributed by atoms with Crippen LogP contribution in [0.15, 0.2) is 0 Å². The molecule has 0 bridgehead atoms. The van der Waals surface area contributed by atoms with E-state index in [1.165, 1.54) is 19.3 Å². The summed E-state index contributed by atoms with van der Waals surface area (Å²) < 4.78 is 5.35. The van der Waals surface area contributed by atoms with E-state index in [0.29, 0.717) is 6.61 Å². The monoisotopic (exact) mass is 255 g/mol. The van der Waals surface area contributed by atoms with Crippen LogP contribution in [0.5, 0.6) is 0 Å². The smallest absolute Gasteiger partial charge is 0.409 e. The molecule has 0 aliphatic carbocycles. The molecule has 1 aliphatic rings. The van der Waals surface area contributed by atoms with Crippen LogP contribution in [0, 0.1) is 11.3 Å². The summed E-state index contributed by atoms with van der Waals surface area (Å²) in [6, 6.07) is 0. The molecule has 1 aliphatic heterocycles. The fourth-order valence-corrected chi connectivity index (χ4v) is 2.27. The van der Waals surface area contributed by atoms with E-state index in [1.54, 1.807) is 0 Å². The Bertz CT molecular complexity index is 250. The van der Waals surface area contributed by atoms with Gasteiger partial charge in [-0.3, -0.25) is 0 Å². The second-order valence-corrected chi connectivity index (χ2v) is 6.69. The van der Waals surface area contributed by atoms with Crippen LogP contribution in [0.2, 0.25) is 0 Å². The van der Waals surface area contributed by atoms with Crippen LogP contribution < -0.4 is 0 Å². The van der Waals surface area contributed by atoms with E-state index in [4.69, 9.17) is 4.74 Å². The predicted octanol–water partition coefficient (Wildman–Crippen LogP) is 4.07. The average Bonchev–Trinajstić information content (AvgIpc) is 2.33. The normalized spacial score (nSPS) is 17.9. The van der Waals surface area contributed by atoms with E-state index in [0.717, 1.165) is 31.8 Å². The van der Waals surface area contributed by atoms with Gasteiger partial charge in [0.25, 0.3) is 0 Å². The maximum Gasteiger partial charge on any atom is 0.409 e. The zero-order valence-corrected chi connectivity index (χ0v) is 12.5. The molecule has 0 aromatic heterocycles. The van der Waals surface area contributed by atoms with Gasteiger partial charge in [0.2, 0.25) is 0 Å². The molecule has 1 fully saturated rings. The van der Waals surface area contributed by atoms with Crippen molar-refractivity contribution >= 4 is 6.09 Å². The largest absolute Gasteiger partial charge is 0.449 e. The average molecular weight is 255 g/mol. The Balaban J connectivity index is 2.23. The van der Waals surface area contributed by atoms with Gasteiger partial charge in [-0.1, -0.05) is 47.0 Å². The van der Waals surface area contributed by atoms with Crippen LogP contribution in [0.1, 0.15) is 59.8 Å². The van der Waals surface area contributed by atoms with Crippen molar-refractivity contribution in [2.45, 2.75) is 59.8 Å². The third-order valence-electron chi connectivity index (χ3n) is 3.47. The number of carbonyl (C=O) groups is 1. The molecular formula is C15H29NO2. The summed E-state index contributed by atoms with van der Waals surface area (Å²) in [7, 11) is 0. The molecule has 1 rings (SSSR count). The lowest BCUT2D eigenvalue weighted by Gasteiger charge is -2.32. The van der Waals surface area contributed by atoms with Crippen molar-refractivity contribution < 1.29 is 9.53 Å². The summed E-state index contributed by atoms with van der Waals surface area (Å²) >= 11 is 0. The molecule has 1 saturated heterocycles. The van der Waals surface area contributed by atoms with E-state index in [1.807, 2.05) is 4.90 Å². The first-order valence-corrected chi connectivity index (χ1v) is 7.34. The summed E-state index contributed by atoms with van der Waals surface area (Å²) in [6.45, 7) is 10.7. The first-order chi connectivity index (χ1) is 8.42. The lowest BCUT2D eigenvalue weighted by molar-refractivity contribution is 0.0614. The van der Waals surface area contributed by atoms with Crippen molar-refractivity contribution in [3.63, 3.8) is 0 Å². The molecule has 1 amide bonds. The minimum atomic E-state index is -0.126. The topological polar surface area (TPSA) is 29.5 Å². The molecule has 0 N–H and O–H groups in total. The Morgan fingerprint density at radius 1 is 1.28 bits per heavy atom. The van der Waals surface area contributed by atoms with Gasteiger partial charge in [0.05, 0.1) is 6.61 Å². The summed E-state index contributed by atoms with van der Waals surface area (Å²) in [5, 5.41) is 0. The van der Waals surface area contributed by atoms with Crippen LogP contribution in [0.3, 0.4) is 0 Å². The van der Waals surface area contributed by atoms with Crippen LogP contribution >= 0.6 is 0 Å². The molecular weight excluding hydrogens is 226 g/mol. The summed E-state index contributed by atoms with van der Waals surface area (Å²) in [6.07, 6.45) is 6.07. The Hall–Kier alpha value is -0.730. The number of unbranched alkanes of at least 4 members (excludes halogenated alkanes) is 1. The number of likely N-dealkylation sites (tertiary alicyclic amines) is 1. The van der Waals surface area contributed by atoms with Gasteiger partial charge in [0, 0.05) is 13.1 Å². The maximum atomic E-state index is 11.9. The summed E-state index contributed by atoms with van der Waals surface area (Å²) in [4.78, 5) is 13.7. The van der Waals surface area contributed by atoms with Crippen molar-refractivity contribution in [2.24, 2.45) is 11.3 Å². The molecule has 0 spiro atoms. The molecule has 0 radical (unpaired) electrons. The number of rotatable bonds is 4. The highest BCUT2D eigenvalue weighted by atomic mass is 16.6. The van der Waals surface area contributed by atoms with Gasteiger partial charge in [-0.05, 0) is 24.2 Å². The molecule has 0 saturated carbocycles. The zero-order chi connectivity index (χ0) is 13.6. The Labute approximate surface area is 112 Å². The van der Waals surface area contributed by atoms with Crippen LogP contribution in [0.4, 0.5) is 4.79 Å². The lowest BCUT2D eigenvalue weighted by atomic mass is 9.92. The van der Waals surface area contributed by atoms with Gasteiger partial charge in [0.1, 0.15) is 0 Å². The molecule has 106 valence electrons. The van der Waals surface area contributed by atoms with Crippen molar-refractivity contribution in [3.05, 3.63) is 0 Å². The van der Waals surface area contributed by atoms with E-state index in [2.05, 4.69) is 27.7 Å². The first-order valence-electron chi connectivity index (χ1n) is 7.34. The predicted molar refractivity (Wildman–Crippen MR) is 74.6 cm³/mol. The third kappa shape index (κ3) is 5.74. The standard InChI is InChI=1S/C15H29NO2/c1-5-6-7-13-8-10-16(11-9-13)14(17)18-12-15(2,3)4/h13H,5-12H2,1-4H3. The van der Waals surface area contributed by atoms with Crippen molar-refractivity contribution in [3.8, 4) is 0 Å². The summed E-state index contributed by atoms with van der Waals surface area (Å²) in [5.41, 5.74) is 0.0507. The molecule has 3 heteroatoms. The van der Waals surface area contributed by atoms with Crippen molar-refractivity contribution in [1.29, 1.82) is 0 Å². The van der Waals surface area contributed by atoms with E-state index in [-0.39, 0.29) is 11.5 Å². The van der Waals surface area contributed by atoms with Gasteiger partial charge < -0.3 is 9.64 Å². The molecule has 18 heavy (non-hydrogen) atoms. The molecule has 0 atom stereocenters. The lowest BCUT2D eigenvalue weighted by Crippen LogP contribution is -2.39. The zero-order valence-electron chi connectivity index (χ0n) is 12.5. The van der Waals surface area contributed by atoms with Gasteiger partial charge in [0.15, 0.2) is 0 Å². The fourth-order valence-electron chi connectivity index (χ4n) is 2.27. The van der Waals surface area contributed by atoms with Gasteiger partial charge in [-0.15, -0.1) is 0 Å². The van der Waals surface area contributed by atoms with E-state index >= 15 is 0 Å². The third-order valence-corrected chi connectivity index (χ3v) is 3.47. The summed E-state index contributed by atoms with van der Waals surface area (Å²) in [5.74, 6) is 0.816. The SMILES string of the molecule is CCCCC1CCN(C(=O)OCC(C)(C)C)CC1. The number of hydrogen-bond donors (Lipinski definition) is 0. The number of nitrogens with zero attached hydrogens (tertiary/aromatic N) is 1. The van der Waals surface area contributed by atoms with Crippen LogP contribution in [0.25, 0.3) is 0 Å². The van der Waals surface area contributed by atoms with Crippen molar-refractivity contribution in [2.75, 3.05) is 19.7 Å². The molecule has 1 heterocycles. The van der Waals surface area contributed by atoms with Gasteiger partial charge in [-0.25, -0.2) is 4.79 Å². The molecule has 3 nitrogen and oxygen atoms in total. The highest BCUT2D eigenvalue weighted by Crippen LogP contribution is 2.23. The molecule has 0 unspecified atom stereocenters. The second-order valence-electron chi connectivity index (χ2n) is 6.69.